The highest BCUT2D eigenvalue weighted by molar-refractivity contribution is 5.38. The molecule has 0 saturated carbocycles. The lowest BCUT2D eigenvalue weighted by molar-refractivity contribution is 0.756. The second-order valence-electron chi connectivity index (χ2n) is 4.70. The molecular formula is C12H20N8. The number of aryl methyl sites for hydroxylation is 2. The molecule has 8 heteroatoms. The smallest absolute Gasteiger partial charge is 0.258 e. The van der Waals surface area contributed by atoms with Crippen molar-refractivity contribution in [1.82, 2.24) is 29.7 Å². The van der Waals surface area contributed by atoms with Crippen molar-refractivity contribution in [2.24, 2.45) is 0 Å². The van der Waals surface area contributed by atoms with Crippen LogP contribution in [0.3, 0.4) is 0 Å². The number of nitrogens with zero attached hydrogens (tertiary/aromatic N) is 7. The van der Waals surface area contributed by atoms with Gasteiger partial charge in [0, 0.05) is 20.6 Å². The highest BCUT2D eigenvalue weighted by Crippen LogP contribution is 2.12. The lowest BCUT2D eigenvalue weighted by Crippen LogP contribution is -2.18. The largest absolute Gasteiger partial charge is 0.354 e. The molecule has 2 heterocycles. The Bertz CT molecular complexity index is 589. The quantitative estimate of drug-likeness (QED) is 0.870. The van der Waals surface area contributed by atoms with E-state index in [2.05, 4.69) is 37.3 Å². The van der Waals surface area contributed by atoms with Gasteiger partial charge in [-0.25, -0.2) is 4.98 Å². The number of hydrogen-bond acceptors (Lipinski definition) is 7. The Morgan fingerprint density at radius 2 is 1.85 bits per heavy atom. The first-order valence-electron chi connectivity index (χ1n) is 6.59. The van der Waals surface area contributed by atoms with Gasteiger partial charge in [0.25, 0.3) is 5.95 Å². The molecule has 0 aliphatic carbocycles. The van der Waals surface area contributed by atoms with Gasteiger partial charge in [0.2, 0.25) is 11.9 Å². The molecule has 0 fully saturated rings. The van der Waals surface area contributed by atoms with Gasteiger partial charge in [0.15, 0.2) is 0 Å². The Kier molecular flexibility index (Phi) is 4.11. The summed E-state index contributed by atoms with van der Waals surface area (Å²) in [5.74, 6) is 3.05. The van der Waals surface area contributed by atoms with Gasteiger partial charge in [-0.2, -0.15) is 19.6 Å². The van der Waals surface area contributed by atoms with Gasteiger partial charge in [-0.3, -0.25) is 0 Å². The fraction of sp³-hybridized carbons (Fsp3) is 0.583. The average Bonchev–Trinajstić information content (AvgIpc) is 2.75. The maximum atomic E-state index is 4.41. The van der Waals surface area contributed by atoms with E-state index >= 15 is 0 Å². The third-order valence-corrected chi connectivity index (χ3v) is 2.61. The predicted octanol–water partition coefficient (Wildman–Crippen LogP) is 0.957. The summed E-state index contributed by atoms with van der Waals surface area (Å²) in [4.78, 5) is 19.3. The van der Waals surface area contributed by atoms with Crippen LogP contribution >= 0.6 is 0 Å². The molecule has 0 spiro atoms. The summed E-state index contributed by atoms with van der Waals surface area (Å²) in [5, 5.41) is 7.48. The molecule has 0 saturated heterocycles. The van der Waals surface area contributed by atoms with Crippen LogP contribution in [0.4, 0.5) is 11.9 Å². The summed E-state index contributed by atoms with van der Waals surface area (Å²) in [6.07, 6.45) is 1.000. The molecule has 0 aromatic carbocycles. The lowest BCUT2D eigenvalue weighted by atomic mass is 10.5. The van der Waals surface area contributed by atoms with Crippen LogP contribution in [0.5, 0.6) is 0 Å². The van der Waals surface area contributed by atoms with Crippen LogP contribution in [-0.4, -0.2) is 50.4 Å². The summed E-state index contributed by atoms with van der Waals surface area (Å²) in [7, 11) is 3.78. The van der Waals surface area contributed by atoms with Crippen LogP contribution in [0.25, 0.3) is 5.95 Å². The molecule has 0 bridgehead atoms. The van der Waals surface area contributed by atoms with Gasteiger partial charge in [-0.05, 0) is 20.3 Å². The zero-order valence-corrected chi connectivity index (χ0v) is 12.5. The van der Waals surface area contributed by atoms with E-state index in [0.29, 0.717) is 23.7 Å². The first kappa shape index (κ1) is 14.2. The van der Waals surface area contributed by atoms with Crippen LogP contribution in [0.2, 0.25) is 0 Å². The molecule has 8 nitrogen and oxygen atoms in total. The number of hydrogen-bond donors (Lipinski definition) is 1. The maximum Gasteiger partial charge on any atom is 0.258 e. The van der Waals surface area contributed by atoms with Crippen molar-refractivity contribution in [3.8, 4) is 5.95 Å². The summed E-state index contributed by atoms with van der Waals surface area (Å²) in [6, 6.07) is 0. The van der Waals surface area contributed by atoms with E-state index in [1.807, 2.05) is 32.8 Å². The van der Waals surface area contributed by atoms with Crippen molar-refractivity contribution in [2.75, 3.05) is 30.9 Å². The first-order chi connectivity index (χ1) is 9.51. The van der Waals surface area contributed by atoms with Gasteiger partial charge in [0.1, 0.15) is 11.6 Å². The zero-order valence-electron chi connectivity index (χ0n) is 12.5. The van der Waals surface area contributed by atoms with Crippen LogP contribution in [0.1, 0.15) is 25.0 Å². The van der Waals surface area contributed by atoms with Crippen molar-refractivity contribution < 1.29 is 0 Å². The van der Waals surface area contributed by atoms with E-state index in [1.165, 1.54) is 0 Å². The van der Waals surface area contributed by atoms with E-state index in [4.69, 9.17) is 0 Å². The minimum absolute atomic E-state index is 0.473. The van der Waals surface area contributed by atoms with Crippen LogP contribution in [0, 0.1) is 13.8 Å². The summed E-state index contributed by atoms with van der Waals surface area (Å²) in [6.45, 7) is 6.62. The van der Waals surface area contributed by atoms with Gasteiger partial charge >= 0.3 is 0 Å². The normalized spacial score (nSPS) is 10.7. The molecule has 2 aromatic rings. The standard InChI is InChI=1S/C12H20N8/c1-6-7-13-10-15-11(19(4)5)17-12(16-10)20-9(3)14-8(2)18-20/h6-7H2,1-5H3,(H,13,15,16,17). The second kappa shape index (κ2) is 5.81. The molecule has 2 aromatic heterocycles. The van der Waals surface area contributed by atoms with Crippen LogP contribution in [0.15, 0.2) is 0 Å². The van der Waals surface area contributed by atoms with E-state index in [0.717, 1.165) is 18.8 Å². The predicted molar refractivity (Wildman–Crippen MR) is 77.3 cm³/mol. The minimum Gasteiger partial charge on any atom is -0.354 e. The highest BCUT2D eigenvalue weighted by Gasteiger charge is 2.13. The minimum atomic E-state index is 0.473. The molecule has 0 amide bonds. The molecule has 20 heavy (non-hydrogen) atoms. The van der Waals surface area contributed by atoms with Gasteiger partial charge in [0.05, 0.1) is 0 Å². The Balaban J connectivity index is 2.46. The zero-order chi connectivity index (χ0) is 14.7. The fourth-order valence-electron chi connectivity index (χ4n) is 1.67. The average molecular weight is 276 g/mol. The van der Waals surface area contributed by atoms with E-state index in [9.17, 15) is 0 Å². The Morgan fingerprint density at radius 3 is 2.40 bits per heavy atom. The monoisotopic (exact) mass is 276 g/mol. The fourth-order valence-corrected chi connectivity index (χ4v) is 1.67. The van der Waals surface area contributed by atoms with Gasteiger partial charge in [-0.15, -0.1) is 5.10 Å². The van der Waals surface area contributed by atoms with E-state index < -0.39 is 0 Å². The molecule has 0 aliphatic rings. The molecule has 1 N–H and O–H groups in total. The molecule has 0 atom stereocenters. The van der Waals surface area contributed by atoms with Gasteiger partial charge < -0.3 is 10.2 Å². The van der Waals surface area contributed by atoms with Crippen molar-refractivity contribution in [3.05, 3.63) is 11.6 Å². The lowest BCUT2D eigenvalue weighted by Gasteiger charge is -2.13. The third-order valence-electron chi connectivity index (χ3n) is 2.61. The number of rotatable bonds is 5. The Hall–Kier alpha value is -2.25. The SMILES string of the molecule is CCCNc1nc(N(C)C)nc(-n2nc(C)nc2C)n1. The molecule has 0 unspecified atom stereocenters. The number of aromatic nitrogens is 6. The maximum absolute atomic E-state index is 4.41. The number of anilines is 2. The topological polar surface area (TPSA) is 84.7 Å². The molecular weight excluding hydrogens is 256 g/mol. The third kappa shape index (κ3) is 3.01. The summed E-state index contributed by atoms with van der Waals surface area (Å²) < 4.78 is 1.63. The van der Waals surface area contributed by atoms with Crippen molar-refractivity contribution in [1.29, 1.82) is 0 Å². The molecule has 0 aliphatic heterocycles. The second-order valence-corrected chi connectivity index (χ2v) is 4.70. The van der Waals surface area contributed by atoms with E-state index in [-0.39, 0.29) is 0 Å². The Labute approximate surface area is 118 Å². The highest BCUT2D eigenvalue weighted by atomic mass is 15.4. The van der Waals surface area contributed by atoms with Crippen molar-refractivity contribution in [3.63, 3.8) is 0 Å². The van der Waals surface area contributed by atoms with E-state index in [1.54, 1.807) is 4.68 Å². The summed E-state index contributed by atoms with van der Waals surface area (Å²) >= 11 is 0. The number of nitrogens with one attached hydrogen (secondary N) is 1. The Morgan fingerprint density at radius 1 is 1.10 bits per heavy atom. The van der Waals surface area contributed by atoms with Crippen LogP contribution < -0.4 is 10.2 Å². The molecule has 108 valence electrons. The summed E-state index contributed by atoms with van der Waals surface area (Å²) in [5.41, 5.74) is 0. The molecule has 2 rings (SSSR count). The molecule has 0 radical (unpaired) electrons. The van der Waals surface area contributed by atoms with Gasteiger partial charge in [-0.1, -0.05) is 6.92 Å². The van der Waals surface area contributed by atoms with Crippen molar-refractivity contribution in [2.45, 2.75) is 27.2 Å². The first-order valence-corrected chi connectivity index (χ1v) is 6.59. The van der Waals surface area contributed by atoms with Crippen molar-refractivity contribution >= 4 is 11.9 Å². The van der Waals surface area contributed by atoms with Crippen LogP contribution in [-0.2, 0) is 0 Å².